The zero-order chi connectivity index (χ0) is 20.7. The fourth-order valence-electron chi connectivity index (χ4n) is 2.60. The van der Waals surface area contributed by atoms with Gasteiger partial charge in [-0.05, 0) is 56.7 Å². The molecule has 0 spiro atoms. The molecule has 0 fully saturated rings. The van der Waals surface area contributed by atoms with E-state index in [0.29, 0.717) is 15.8 Å². The Labute approximate surface area is 175 Å². The van der Waals surface area contributed by atoms with Crippen LogP contribution in [0.1, 0.15) is 26.3 Å². The van der Waals surface area contributed by atoms with Crippen molar-refractivity contribution in [1.29, 1.82) is 0 Å². The Morgan fingerprint density at radius 2 is 1.68 bits per heavy atom. The number of halogens is 2. The van der Waals surface area contributed by atoms with Crippen molar-refractivity contribution in [3.05, 3.63) is 64.1 Å². The Balaban J connectivity index is 2.15. The number of carbonyl (C=O) groups is 2. The van der Waals surface area contributed by atoms with E-state index in [9.17, 15) is 9.59 Å². The quantitative estimate of drug-likeness (QED) is 0.688. The normalized spacial score (nSPS) is 11.8. The zero-order valence-electron chi connectivity index (χ0n) is 16.1. The minimum atomic E-state index is -0.670. The third-order valence-corrected chi connectivity index (χ3v) is 4.47. The first kappa shape index (κ1) is 22.1. The van der Waals surface area contributed by atoms with Crippen LogP contribution in [0.4, 0.5) is 0 Å². The molecule has 7 heteroatoms. The van der Waals surface area contributed by atoms with Crippen LogP contribution in [0.3, 0.4) is 0 Å². The average Bonchev–Trinajstić information content (AvgIpc) is 2.63. The Kier molecular flexibility index (Phi) is 8.15. The standard InChI is InChI=1S/C21H24Cl2N2O3/c1-14(2)24-21(27)15(3)25(12-16-6-4-7-17(22)10-16)20(26)13-28-19-9-5-8-18(23)11-19/h4-11,14-15H,12-13H2,1-3H3,(H,24,27). The molecule has 1 atom stereocenters. The smallest absolute Gasteiger partial charge is 0.261 e. The maximum absolute atomic E-state index is 12.9. The van der Waals surface area contributed by atoms with Gasteiger partial charge in [0.05, 0.1) is 0 Å². The molecule has 0 bridgehead atoms. The molecular formula is C21H24Cl2N2O3. The van der Waals surface area contributed by atoms with Crippen LogP contribution in [0.5, 0.6) is 5.75 Å². The monoisotopic (exact) mass is 422 g/mol. The first-order valence-electron chi connectivity index (χ1n) is 8.99. The van der Waals surface area contributed by atoms with E-state index in [1.165, 1.54) is 4.90 Å². The van der Waals surface area contributed by atoms with Crippen LogP contribution in [0.25, 0.3) is 0 Å². The van der Waals surface area contributed by atoms with Gasteiger partial charge in [0.2, 0.25) is 5.91 Å². The number of carbonyl (C=O) groups excluding carboxylic acids is 2. The van der Waals surface area contributed by atoms with Gasteiger partial charge in [-0.25, -0.2) is 0 Å². The molecule has 2 aromatic carbocycles. The van der Waals surface area contributed by atoms with Gasteiger partial charge < -0.3 is 15.0 Å². The lowest BCUT2D eigenvalue weighted by Crippen LogP contribution is -2.50. The van der Waals surface area contributed by atoms with Crippen molar-refractivity contribution in [2.75, 3.05) is 6.61 Å². The van der Waals surface area contributed by atoms with Gasteiger partial charge >= 0.3 is 0 Å². The molecule has 0 heterocycles. The summed E-state index contributed by atoms with van der Waals surface area (Å²) >= 11 is 12.0. The highest BCUT2D eigenvalue weighted by Crippen LogP contribution is 2.18. The predicted octanol–water partition coefficient (Wildman–Crippen LogP) is 4.31. The summed E-state index contributed by atoms with van der Waals surface area (Å²) in [5, 5.41) is 3.93. The van der Waals surface area contributed by atoms with Gasteiger partial charge in [-0.1, -0.05) is 41.4 Å². The number of rotatable bonds is 8. The molecule has 28 heavy (non-hydrogen) atoms. The van der Waals surface area contributed by atoms with E-state index in [0.717, 1.165) is 5.56 Å². The van der Waals surface area contributed by atoms with Gasteiger partial charge in [0.15, 0.2) is 6.61 Å². The molecule has 1 N–H and O–H groups in total. The molecule has 2 rings (SSSR count). The van der Waals surface area contributed by atoms with Crippen molar-refractivity contribution in [2.24, 2.45) is 0 Å². The van der Waals surface area contributed by atoms with E-state index < -0.39 is 6.04 Å². The number of nitrogens with one attached hydrogen (secondary N) is 1. The van der Waals surface area contributed by atoms with Gasteiger partial charge in [0.25, 0.3) is 5.91 Å². The van der Waals surface area contributed by atoms with Crippen molar-refractivity contribution in [3.63, 3.8) is 0 Å². The number of benzene rings is 2. The number of nitrogens with zero attached hydrogens (tertiary/aromatic N) is 1. The maximum atomic E-state index is 12.9. The third kappa shape index (κ3) is 6.73. The first-order valence-corrected chi connectivity index (χ1v) is 9.74. The van der Waals surface area contributed by atoms with Crippen molar-refractivity contribution in [3.8, 4) is 5.75 Å². The maximum Gasteiger partial charge on any atom is 0.261 e. The molecule has 0 aliphatic heterocycles. The summed E-state index contributed by atoms with van der Waals surface area (Å²) in [7, 11) is 0. The number of ether oxygens (including phenoxy) is 1. The lowest BCUT2D eigenvalue weighted by atomic mass is 10.1. The van der Waals surface area contributed by atoms with Crippen LogP contribution in [-0.4, -0.2) is 35.4 Å². The van der Waals surface area contributed by atoms with Gasteiger partial charge in [-0.2, -0.15) is 0 Å². The predicted molar refractivity (Wildman–Crippen MR) is 112 cm³/mol. The van der Waals surface area contributed by atoms with E-state index in [1.807, 2.05) is 26.0 Å². The summed E-state index contributed by atoms with van der Waals surface area (Å²) in [6.45, 7) is 5.47. The van der Waals surface area contributed by atoms with Gasteiger partial charge in [0.1, 0.15) is 11.8 Å². The molecule has 150 valence electrons. The largest absolute Gasteiger partial charge is 0.484 e. The Bertz CT molecular complexity index is 827. The van der Waals surface area contributed by atoms with Crippen molar-refractivity contribution >= 4 is 35.0 Å². The molecule has 0 aliphatic rings. The second-order valence-corrected chi connectivity index (χ2v) is 7.61. The van der Waals surface area contributed by atoms with Crippen LogP contribution >= 0.6 is 23.2 Å². The lowest BCUT2D eigenvalue weighted by molar-refractivity contribution is -0.142. The summed E-state index contributed by atoms with van der Waals surface area (Å²) in [6, 6.07) is 13.3. The van der Waals surface area contributed by atoms with Crippen LogP contribution < -0.4 is 10.1 Å². The summed E-state index contributed by atoms with van der Waals surface area (Å²) in [5.41, 5.74) is 0.827. The summed E-state index contributed by atoms with van der Waals surface area (Å²) in [5.74, 6) is -0.0534. The molecule has 0 aliphatic carbocycles. The van der Waals surface area contributed by atoms with Gasteiger partial charge in [-0.15, -0.1) is 0 Å². The molecular weight excluding hydrogens is 399 g/mol. The van der Waals surface area contributed by atoms with Crippen LogP contribution in [0.15, 0.2) is 48.5 Å². The van der Waals surface area contributed by atoms with Crippen LogP contribution in [-0.2, 0) is 16.1 Å². The van der Waals surface area contributed by atoms with E-state index in [1.54, 1.807) is 43.3 Å². The minimum absolute atomic E-state index is 0.0271. The van der Waals surface area contributed by atoms with Crippen LogP contribution in [0.2, 0.25) is 10.0 Å². The molecule has 0 saturated heterocycles. The molecule has 5 nitrogen and oxygen atoms in total. The fraction of sp³-hybridized carbons (Fsp3) is 0.333. The number of amides is 2. The molecule has 2 amide bonds. The van der Waals surface area contributed by atoms with Crippen molar-refractivity contribution < 1.29 is 14.3 Å². The van der Waals surface area contributed by atoms with E-state index >= 15 is 0 Å². The summed E-state index contributed by atoms with van der Waals surface area (Å²) < 4.78 is 5.57. The first-order chi connectivity index (χ1) is 13.3. The minimum Gasteiger partial charge on any atom is -0.484 e. The molecule has 0 aromatic heterocycles. The highest BCUT2D eigenvalue weighted by Gasteiger charge is 2.27. The number of hydrogen-bond donors (Lipinski definition) is 1. The molecule has 0 radical (unpaired) electrons. The SMILES string of the molecule is CC(C)NC(=O)C(C)N(Cc1cccc(Cl)c1)C(=O)COc1cccc(Cl)c1. The molecule has 0 saturated carbocycles. The summed E-state index contributed by atoms with van der Waals surface area (Å²) in [4.78, 5) is 26.8. The van der Waals surface area contributed by atoms with Crippen molar-refractivity contribution in [1.82, 2.24) is 10.2 Å². The van der Waals surface area contributed by atoms with Crippen molar-refractivity contribution in [2.45, 2.75) is 39.4 Å². The van der Waals surface area contributed by atoms with E-state index in [-0.39, 0.29) is 31.0 Å². The Morgan fingerprint density at radius 3 is 2.29 bits per heavy atom. The number of hydrogen-bond acceptors (Lipinski definition) is 3. The van der Waals surface area contributed by atoms with E-state index in [4.69, 9.17) is 27.9 Å². The topological polar surface area (TPSA) is 58.6 Å². The second-order valence-electron chi connectivity index (χ2n) is 6.74. The Hall–Kier alpha value is -2.24. The fourth-order valence-corrected chi connectivity index (χ4v) is 3.00. The molecule has 1 unspecified atom stereocenters. The third-order valence-electron chi connectivity index (χ3n) is 4.00. The van der Waals surface area contributed by atoms with Gasteiger partial charge in [-0.3, -0.25) is 9.59 Å². The summed E-state index contributed by atoms with van der Waals surface area (Å²) in [6.07, 6.45) is 0. The highest BCUT2D eigenvalue weighted by atomic mass is 35.5. The highest BCUT2D eigenvalue weighted by molar-refractivity contribution is 6.30. The lowest BCUT2D eigenvalue weighted by Gasteiger charge is -2.29. The van der Waals surface area contributed by atoms with E-state index in [2.05, 4.69) is 5.32 Å². The zero-order valence-corrected chi connectivity index (χ0v) is 17.6. The second kappa shape index (κ2) is 10.3. The van der Waals surface area contributed by atoms with Gasteiger partial charge in [0, 0.05) is 22.6 Å². The average molecular weight is 423 g/mol. The van der Waals surface area contributed by atoms with Crippen LogP contribution in [0, 0.1) is 0 Å². The molecule has 2 aromatic rings. The Morgan fingerprint density at radius 1 is 1.04 bits per heavy atom.